The molecule has 3 amide bonds. The summed E-state index contributed by atoms with van der Waals surface area (Å²) in [7, 11) is 0. The molecule has 0 saturated carbocycles. The fraction of sp³-hybridized carbons (Fsp3) is 0.407. The summed E-state index contributed by atoms with van der Waals surface area (Å²) in [5, 5.41) is 6.72. The van der Waals surface area contributed by atoms with Crippen LogP contribution in [0.25, 0.3) is 5.52 Å². The number of nitrogens with zero attached hydrogens (tertiary/aromatic N) is 4. The number of hydrogen-bond donors (Lipinski definition) is 1. The highest BCUT2D eigenvalue weighted by Crippen LogP contribution is 2.49. The Labute approximate surface area is 208 Å². The lowest BCUT2D eigenvalue weighted by molar-refractivity contribution is -0.136. The van der Waals surface area contributed by atoms with Crippen molar-refractivity contribution in [3.8, 4) is 5.75 Å². The maximum atomic E-state index is 13.2. The average molecular weight is 486 g/mol. The first kappa shape index (κ1) is 21.6. The normalized spacial score (nSPS) is 23.2. The summed E-state index contributed by atoms with van der Waals surface area (Å²) in [6.07, 6.45) is 6.40. The molecule has 2 fully saturated rings. The second-order valence-electron chi connectivity index (χ2n) is 10.4. The van der Waals surface area contributed by atoms with Crippen molar-refractivity contribution in [2.45, 2.75) is 50.2 Å². The zero-order valence-corrected chi connectivity index (χ0v) is 19.9. The van der Waals surface area contributed by atoms with Crippen molar-refractivity contribution in [1.29, 1.82) is 0 Å². The van der Waals surface area contributed by atoms with Gasteiger partial charge in [-0.2, -0.15) is 5.10 Å². The van der Waals surface area contributed by atoms with Gasteiger partial charge in [0.15, 0.2) is 0 Å². The number of likely N-dealkylation sites (tertiary alicyclic amines) is 1. The number of carbonyl (C=O) groups excluding carboxylic acids is 3. The number of imide groups is 1. The maximum absolute atomic E-state index is 13.2. The highest BCUT2D eigenvalue weighted by molar-refractivity contribution is 6.05. The van der Waals surface area contributed by atoms with Crippen molar-refractivity contribution < 1.29 is 19.1 Å². The first-order chi connectivity index (χ1) is 17.5. The first-order valence-electron chi connectivity index (χ1n) is 12.6. The zero-order valence-electron chi connectivity index (χ0n) is 19.9. The number of amides is 3. The topological polar surface area (TPSA) is 96.2 Å². The van der Waals surface area contributed by atoms with Crippen LogP contribution >= 0.6 is 0 Å². The molecule has 7 rings (SSSR count). The molecule has 184 valence electrons. The number of aromatic nitrogens is 2. The summed E-state index contributed by atoms with van der Waals surface area (Å²) in [6, 6.07) is 9.63. The summed E-state index contributed by atoms with van der Waals surface area (Å²) >= 11 is 0. The minimum absolute atomic E-state index is 0.0470. The van der Waals surface area contributed by atoms with Gasteiger partial charge in [-0.05, 0) is 56.1 Å². The molecule has 9 nitrogen and oxygen atoms in total. The number of piperidine rings is 2. The van der Waals surface area contributed by atoms with Crippen LogP contribution in [0.3, 0.4) is 0 Å². The molecule has 0 aliphatic carbocycles. The minimum Gasteiger partial charge on any atom is -0.492 e. The predicted molar refractivity (Wildman–Crippen MR) is 129 cm³/mol. The first-order valence-corrected chi connectivity index (χ1v) is 12.6. The molecule has 2 saturated heterocycles. The van der Waals surface area contributed by atoms with E-state index < -0.39 is 6.04 Å². The summed E-state index contributed by atoms with van der Waals surface area (Å²) in [6.45, 7) is 3.80. The highest BCUT2D eigenvalue weighted by atomic mass is 16.5. The number of carbonyl (C=O) groups is 3. The third-order valence-corrected chi connectivity index (χ3v) is 8.46. The van der Waals surface area contributed by atoms with Gasteiger partial charge in [-0.15, -0.1) is 0 Å². The number of pyridine rings is 1. The van der Waals surface area contributed by atoms with Crippen LogP contribution in [0.5, 0.6) is 5.75 Å². The number of hydrogen-bond acceptors (Lipinski definition) is 6. The van der Waals surface area contributed by atoms with Gasteiger partial charge < -0.3 is 9.64 Å². The summed E-state index contributed by atoms with van der Waals surface area (Å²) in [5.41, 5.74) is 5.06. The molecule has 1 atom stereocenters. The van der Waals surface area contributed by atoms with E-state index in [9.17, 15) is 14.4 Å². The Morgan fingerprint density at radius 3 is 2.81 bits per heavy atom. The van der Waals surface area contributed by atoms with Crippen LogP contribution in [-0.2, 0) is 28.1 Å². The number of fused-ring (bicyclic) bond motifs is 5. The smallest absolute Gasteiger partial charge is 0.255 e. The maximum Gasteiger partial charge on any atom is 0.255 e. The van der Waals surface area contributed by atoms with Gasteiger partial charge >= 0.3 is 0 Å². The Hall–Kier alpha value is -3.72. The van der Waals surface area contributed by atoms with Gasteiger partial charge in [-0.25, -0.2) is 4.52 Å². The van der Waals surface area contributed by atoms with E-state index >= 15 is 0 Å². The molecule has 0 bridgehead atoms. The molecule has 1 unspecified atom stereocenters. The number of nitrogens with one attached hydrogen (secondary N) is 1. The molecule has 4 aliphatic heterocycles. The fourth-order valence-corrected chi connectivity index (χ4v) is 6.42. The summed E-state index contributed by atoms with van der Waals surface area (Å²) < 4.78 is 8.22. The standard InChI is InChI=1S/C27H27N5O4/c33-23-6-5-22(25(34)29-23)31-15-19-18(26(31)35)3-4-20-24(19)36-16-27(20)8-12-30(13-9-27)14-17-2-1-11-32-21(17)7-10-28-32/h1-4,7,10-11,22H,5-6,8-9,12-16H2,(H,29,33,34). The van der Waals surface area contributed by atoms with Gasteiger partial charge in [0.25, 0.3) is 5.91 Å². The Bertz CT molecular complexity index is 1420. The predicted octanol–water partition coefficient (Wildman–Crippen LogP) is 2.02. The average Bonchev–Trinajstić information content (AvgIpc) is 3.58. The molecule has 4 aliphatic rings. The molecule has 6 heterocycles. The molecule has 2 aromatic heterocycles. The largest absolute Gasteiger partial charge is 0.492 e. The molecule has 1 aromatic carbocycles. The van der Waals surface area contributed by atoms with Crippen LogP contribution < -0.4 is 10.1 Å². The van der Waals surface area contributed by atoms with E-state index in [1.807, 2.05) is 29.0 Å². The van der Waals surface area contributed by atoms with Crippen LogP contribution in [-0.4, -0.2) is 62.9 Å². The molecule has 36 heavy (non-hydrogen) atoms. The van der Waals surface area contributed by atoms with Crippen LogP contribution in [0.15, 0.2) is 42.7 Å². The molecular weight excluding hydrogens is 458 g/mol. The van der Waals surface area contributed by atoms with Gasteiger partial charge in [0.2, 0.25) is 11.8 Å². The van der Waals surface area contributed by atoms with E-state index in [1.54, 1.807) is 4.90 Å². The van der Waals surface area contributed by atoms with Crippen LogP contribution in [0.4, 0.5) is 0 Å². The summed E-state index contributed by atoms with van der Waals surface area (Å²) in [5.74, 6) is 0.00376. The van der Waals surface area contributed by atoms with E-state index in [0.29, 0.717) is 25.1 Å². The Morgan fingerprint density at radius 2 is 1.97 bits per heavy atom. The Morgan fingerprint density at radius 1 is 1.11 bits per heavy atom. The summed E-state index contributed by atoms with van der Waals surface area (Å²) in [4.78, 5) is 41.2. The number of benzene rings is 1. The van der Waals surface area contributed by atoms with Gasteiger partial charge in [0.05, 0.1) is 18.7 Å². The quantitative estimate of drug-likeness (QED) is 0.571. The van der Waals surface area contributed by atoms with Crippen molar-refractivity contribution in [1.82, 2.24) is 24.7 Å². The fourth-order valence-electron chi connectivity index (χ4n) is 6.42. The molecule has 3 aromatic rings. The zero-order chi connectivity index (χ0) is 24.4. The molecule has 1 N–H and O–H groups in total. The third kappa shape index (κ3) is 3.19. The lowest BCUT2D eigenvalue weighted by atomic mass is 9.74. The lowest BCUT2D eigenvalue weighted by Crippen LogP contribution is -2.52. The molecule has 9 heteroatoms. The minimum atomic E-state index is -0.614. The van der Waals surface area contributed by atoms with Crippen molar-refractivity contribution in [2.75, 3.05) is 19.7 Å². The van der Waals surface area contributed by atoms with Crippen LogP contribution in [0.1, 0.15) is 52.7 Å². The monoisotopic (exact) mass is 485 g/mol. The van der Waals surface area contributed by atoms with E-state index in [2.05, 4.69) is 33.5 Å². The van der Waals surface area contributed by atoms with Gasteiger partial charge in [0, 0.05) is 47.5 Å². The van der Waals surface area contributed by atoms with E-state index in [-0.39, 0.29) is 29.6 Å². The number of ether oxygens (including phenoxy) is 1. The molecular formula is C27H27N5O4. The third-order valence-electron chi connectivity index (χ3n) is 8.46. The van der Waals surface area contributed by atoms with Crippen LogP contribution in [0, 0.1) is 0 Å². The number of rotatable bonds is 3. The van der Waals surface area contributed by atoms with Crippen molar-refractivity contribution in [3.05, 3.63) is 65.0 Å². The van der Waals surface area contributed by atoms with Gasteiger partial charge in [0.1, 0.15) is 11.8 Å². The van der Waals surface area contributed by atoms with Gasteiger partial charge in [-0.3, -0.25) is 24.6 Å². The van der Waals surface area contributed by atoms with Crippen molar-refractivity contribution >= 4 is 23.2 Å². The Balaban J connectivity index is 1.10. The van der Waals surface area contributed by atoms with Crippen molar-refractivity contribution in [3.63, 3.8) is 0 Å². The molecule has 1 spiro atoms. The van der Waals surface area contributed by atoms with E-state index in [1.165, 1.54) is 11.1 Å². The molecule has 0 radical (unpaired) electrons. The second-order valence-corrected chi connectivity index (χ2v) is 10.4. The van der Waals surface area contributed by atoms with Crippen LogP contribution in [0.2, 0.25) is 0 Å². The van der Waals surface area contributed by atoms with E-state index in [4.69, 9.17) is 4.74 Å². The van der Waals surface area contributed by atoms with Crippen molar-refractivity contribution in [2.24, 2.45) is 0 Å². The highest BCUT2D eigenvalue weighted by Gasteiger charge is 2.47. The van der Waals surface area contributed by atoms with E-state index in [0.717, 1.165) is 49.3 Å². The lowest BCUT2D eigenvalue weighted by Gasteiger charge is -2.38. The Kier molecular flexibility index (Phi) is 4.73. The second kappa shape index (κ2) is 7.89. The van der Waals surface area contributed by atoms with Gasteiger partial charge in [-0.1, -0.05) is 12.1 Å². The SMILES string of the molecule is O=C1CCC(N2Cc3c(ccc4c3OCC43CCN(Cc4cccn5nccc45)CC3)C2=O)C(=O)N1.